The monoisotopic (exact) mass is 300 g/mol. The molecule has 2 atom stereocenters. The lowest BCUT2D eigenvalue weighted by molar-refractivity contribution is 0.361. The van der Waals surface area contributed by atoms with Crippen molar-refractivity contribution in [3.8, 4) is 0 Å². The molecule has 0 bridgehead atoms. The summed E-state index contributed by atoms with van der Waals surface area (Å²) in [6.07, 6.45) is 7.19. The Kier molecular flexibility index (Phi) is 3.32. The molecule has 2 saturated carbocycles. The minimum absolute atomic E-state index is 0.759. The molecule has 1 N–H and O–H groups in total. The van der Waals surface area contributed by atoms with Crippen LogP contribution in [0, 0.1) is 11.8 Å². The summed E-state index contributed by atoms with van der Waals surface area (Å²) in [7, 11) is 0. The third-order valence-electron chi connectivity index (χ3n) is 3.84. The average Bonchev–Trinajstić information content (AvgIpc) is 2.86. The molecule has 0 aromatic carbocycles. The molecule has 0 aliphatic heterocycles. The van der Waals surface area contributed by atoms with Gasteiger partial charge in [-0.2, -0.15) is 0 Å². The van der Waals surface area contributed by atoms with Gasteiger partial charge >= 0.3 is 0 Å². The fourth-order valence-corrected chi connectivity index (χ4v) is 4.13. The Morgan fingerprint density at radius 1 is 1.38 bits per heavy atom. The molecule has 0 amide bonds. The molecule has 0 spiro atoms. The Labute approximate surface area is 109 Å². The van der Waals surface area contributed by atoms with Gasteiger partial charge < -0.3 is 5.32 Å². The second-order valence-corrected chi connectivity index (χ2v) is 6.74. The Morgan fingerprint density at radius 3 is 2.94 bits per heavy atom. The number of aromatic nitrogens is 1. The maximum absolute atomic E-state index is 4.43. The van der Waals surface area contributed by atoms with Gasteiger partial charge in [0.2, 0.25) is 0 Å². The molecule has 3 rings (SSSR count). The summed E-state index contributed by atoms with van der Waals surface area (Å²) in [6, 6.07) is 0.759. The number of hydrogen-bond donors (Lipinski definition) is 1. The van der Waals surface area contributed by atoms with Gasteiger partial charge in [-0.1, -0.05) is 6.42 Å². The van der Waals surface area contributed by atoms with E-state index in [-0.39, 0.29) is 0 Å². The van der Waals surface area contributed by atoms with Crippen LogP contribution in [0.5, 0.6) is 0 Å². The van der Waals surface area contributed by atoms with E-state index < -0.39 is 0 Å². The van der Waals surface area contributed by atoms with E-state index in [1.54, 1.807) is 11.3 Å². The zero-order valence-corrected chi connectivity index (χ0v) is 11.7. The Bertz CT molecular complexity index is 362. The van der Waals surface area contributed by atoms with Gasteiger partial charge in [0.15, 0.2) is 0 Å². The SMILES string of the molecule is Brc1csc(CN[C@@H]2CCC[C@@H]2C2CC2)n1. The molecule has 0 saturated heterocycles. The second-order valence-electron chi connectivity index (χ2n) is 4.98. The minimum Gasteiger partial charge on any atom is -0.307 e. The highest BCUT2D eigenvalue weighted by atomic mass is 79.9. The summed E-state index contributed by atoms with van der Waals surface area (Å²) < 4.78 is 0.972. The van der Waals surface area contributed by atoms with Crippen molar-refractivity contribution in [2.45, 2.75) is 44.7 Å². The van der Waals surface area contributed by atoms with Crippen molar-refractivity contribution in [1.29, 1.82) is 0 Å². The molecule has 2 fully saturated rings. The molecule has 0 unspecified atom stereocenters. The number of hydrogen-bond acceptors (Lipinski definition) is 3. The summed E-state index contributed by atoms with van der Waals surface area (Å²) in [5, 5.41) is 6.97. The van der Waals surface area contributed by atoms with Gasteiger partial charge in [-0.3, -0.25) is 0 Å². The van der Waals surface area contributed by atoms with Crippen LogP contribution >= 0.6 is 27.3 Å². The van der Waals surface area contributed by atoms with Crippen LogP contribution in [-0.2, 0) is 6.54 Å². The van der Waals surface area contributed by atoms with E-state index in [2.05, 4.69) is 31.6 Å². The number of thiazole rings is 1. The molecule has 88 valence electrons. The van der Waals surface area contributed by atoms with Crippen molar-refractivity contribution in [2.24, 2.45) is 11.8 Å². The van der Waals surface area contributed by atoms with Crippen molar-refractivity contribution < 1.29 is 0 Å². The molecular weight excluding hydrogens is 284 g/mol. The highest BCUT2D eigenvalue weighted by Gasteiger charge is 2.38. The smallest absolute Gasteiger partial charge is 0.117 e. The van der Waals surface area contributed by atoms with Gasteiger partial charge in [0.25, 0.3) is 0 Å². The summed E-state index contributed by atoms with van der Waals surface area (Å²) in [5.41, 5.74) is 0. The van der Waals surface area contributed by atoms with Crippen LogP contribution in [0.3, 0.4) is 0 Å². The predicted molar refractivity (Wildman–Crippen MR) is 70.5 cm³/mol. The summed E-state index contributed by atoms with van der Waals surface area (Å²) >= 11 is 5.14. The normalized spacial score (nSPS) is 29.8. The van der Waals surface area contributed by atoms with Gasteiger partial charge in [0.05, 0.1) is 0 Å². The third kappa shape index (κ3) is 2.49. The average molecular weight is 301 g/mol. The van der Waals surface area contributed by atoms with Gasteiger partial charge in [0, 0.05) is 18.0 Å². The lowest BCUT2D eigenvalue weighted by Gasteiger charge is -2.20. The van der Waals surface area contributed by atoms with Crippen molar-refractivity contribution in [3.63, 3.8) is 0 Å². The fraction of sp³-hybridized carbons (Fsp3) is 0.750. The first kappa shape index (κ1) is 11.2. The molecule has 16 heavy (non-hydrogen) atoms. The van der Waals surface area contributed by atoms with Gasteiger partial charge in [0.1, 0.15) is 9.61 Å². The van der Waals surface area contributed by atoms with Crippen LogP contribution in [0.15, 0.2) is 9.98 Å². The zero-order chi connectivity index (χ0) is 11.0. The lowest BCUT2D eigenvalue weighted by Crippen LogP contribution is -2.32. The second kappa shape index (κ2) is 4.75. The van der Waals surface area contributed by atoms with Gasteiger partial charge in [-0.05, 0) is 53.4 Å². The standard InChI is InChI=1S/C12H17BrN2S/c13-11-7-16-12(15-11)6-14-10-3-1-2-9(10)8-4-5-8/h7-10,14H,1-6H2/t9-,10-/m1/s1. The molecule has 2 aliphatic rings. The molecule has 1 aromatic heterocycles. The van der Waals surface area contributed by atoms with Gasteiger partial charge in [-0.15, -0.1) is 11.3 Å². The van der Waals surface area contributed by atoms with Crippen LogP contribution in [-0.4, -0.2) is 11.0 Å². The molecule has 4 heteroatoms. The first-order valence-electron chi connectivity index (χ1n) is 6.16. The maximum Gasteiger partial charge on any atom is 0.117 e. The topological polar surface area (TPSA) is 24.9 Å². The van der Waals surface area contributed by atoms with E-state index in [0.717, 1.165) is 29.0 Å². The van der Waals surface area contributed by atoms with E-state index in [4.69, 9.17) is 0 Å². The molecular formula is C12H17BrN2S. The third-order valence-corrected chi connectivity index (χ3v) is 5.39. The zero-order valence-electron chi connectivity index (χ0n) is 9.29. The molecule has 1 aromatic rings. The van der Waals surface area contributed by atoms with Crippen LogP contribution in [0.2, 0.25) is 0 Å². The number of nitrogens with zero attached hydrogens (tertiary/aromatic N) is 1. The number of rotatable bonds is 4. The van der Waals surface area contributed by atoms with Gasteiger partial charge in [-0.25, -0.2) is 4.98 Å². The quantitative estimate of drug-likeness (QED) is 0.919. The molecule has 2 nitrogen and oxygen atoms in total. The van der Waals surface area contributed by atoms with Crippen molar-refractivity contribution in [1.82, 2.24) is 10.3 Å². The van der Waals surface area contributed by atoms with Crippen LogP contribution in [0.25, 0.3) is 0 Å². The van der Waals surface area contributed by atoms with Crippen LogP contribution in [0.1, 0.15) is 37.1 Å². The Morgan fingerprint density at radius 2 is 2.25 bits per heavy atom. The lowest BCUT2D eigenvalue weighted by atomic mass is 9.98. The van der Waals surface area contributed by atoms with Crippen LogP contribution < -0.4 is 5.32 Å². The largest absolute Gasteiger partial charge is 0.307 e. The van der Waals surface area contributed by atoms with E-state index in [1.807, 2.05) is 0 Å². The summed E-state index contributed by atoms with van der Waals surface area (Å²) in [6.45, 7) is 0.949. The summed E-state index contributed by atoms with van der Waals surface area (Å²) in [5.74, 6) is 2.01. The number of nitrogens with one attached hydrogen (secondary N) is 1. The number of halogens is 1. The van der Waals surface area contributed by atoms with E-state index in [1.165, 1.54) is 37.1 Å². The Balaban J connectivity index is 1.54. The van der Waals surface area contributed by atoms with E-state index >= 15 is 0 Å². The first-order valence-corrected chi connectivity index (χ1v) is 7.83. The predicted octanol–water partition coefficient (Wildman–Crippen LogP) is 3.57. The molecule has 0 radical (unpaired) electrons. The molecule has 2 aliphatic carbocycles. The Hall–Kier alpha value is 0.0700. The highest BCUT2D eigenvalue weighted by Crippen LogP contribution is 2.45. The van der Waals surface area contributed by atoms with E-state index in [9.17, 15) is 0 Å². The first-order chi connectivity index (χ1) is 7.83. The van der Waals surface area contributed by atoms with Crippen molar-refractivity contribution in [3.05, 3.63) is 15.0 Å². The van der Waals surface area contributed by atoms with Crippen molar-refractivity contribution in [2.75, 3.05) is 0 Å². The fourth-order valence-electron chi connectivity index (χ4n) is 2.92. The van der Waals surface area contributed by atoms with E-state index in [0.29, 0.717) is 0 Å². The van der Waals surface area contributed by atoms with Crippen molar-refractivity contribution >= 4 is 27.3 Å². The highest BCUT2D eigenvalue weighted by molar-refractivity contribution is 9.10. The minimum atomic E-state index is 0.759. The van der Waals surface area contributed by atoms with Crippen LogP contribution in [0.4, 0.5) is 0 Å². The maximum atomic E-state index is 4.43. The molecule has 1 heterocycles. The summed E-state index contributed by atoms with van der Waals surface area (Å²) in [4.78, 5) is 4.43.